The van der Waals surface area contributed by atoms with Crippen LogP contribution >= 0.6 is 6.60 Å². The minimum atomic E-state index is -2.50. The van der Waals surface area contributed by atoms with Gasteiger partial charge in [-0.15, -0.1) is 0 Å². The van der Waals surface area contributed by atoms with Crippen LogP contribution in [0.4, 0.5) is 0 Å². The van der Waals surface area contributed by atoms with E-state index in [9.17, 15) is 0 Å². The molecule has 0 aliphatic heterocycles. The Labute approximate surface area is 153 Å². The predicted octanol–water partition coefficient (Wildman–Crippen LogP) is 5.34. The number of hydrogen-bond acceptors (Lipinski definition) is 1. The molecule has 0 radical (unpaired) electrons. The van der Waals surface area contributed by atoms with Crippen molar-refractivity contribution >= 4 is 17.2 Å². The molecule has 0 spiro atoms. The molecule has 2 heteroatoms. The molecule has 0 saturated carbocycles. The van der Waals surface area contributed by atoms with E-state index in [1.54, 1.807) is 7.11 Å². The van der Waals surface area contributed by atoms with Crippen molar-refractivity contribution in [3.8, 4) is 0 Å². The van der Waals surface area contributed by atoms with Gasteiger partial charge in [0.1, 0.15) is 0 Å². The summed E-state index contributed by atoms with van der Waals surface area (Å²) < 4.78 is 5.40. The molecular weight excluding hydrogens is 323 g/mol. The Kier molecular flexibility index (Phi) is 6.76. The second-order valence-electron chi connectivity index (χ2n) is 6.87. The summed E-state index contributed by atoms with van der Waals surface area (Å²) >= 11 is 0. The van der Waals surface area contributed by atoms with E-state index in [1.165, 1.54) is 15.9 Å². The van der Waals surface area contributed by atoms with E-state index in [2.05, 4.69) is 99.4 Å². The molecule has 0 fully saturated rings. The molecule has 0 amide bonds. The van der Waals surface area contributed by atoms with Gasteiger partial charge in [-0.2, -0.15) is 0 Å². The van der Waals surface area contributed by atoms with E-state index in [-0.39, 0.29) is 0 Å². The number of methoxy groups -OCH3 is 1. The minimum absolute atomic E-state index is 0.794. The van der Waals surface area contributed by atoms with Gasteiger partial charge in [0.05, 0.1) is 0 Å². The molecule has 2 rings (SSSR count). The molecule has 0 saturated heterocycles. The van der Waals surface area contributed by atoms with Crippen LogP contribution in [0.15, 0.2) is 84.2 Å². The fraction of sp³-hybridized carbons (Fsp3) is 0.304. The van der Waals surface area contributed by atoms with Gasteiger partial charge in [0.15, 0.2) is 0 Å². The standard InChI is InChI=1S/C23H31OP/c1-5-6-14-21(2)25(4,20-13-19-24-3,22-15-9-7-10-16-22)23-17-11-8-12-18-23/h5-12,14-18H,13,19-20H2,1-4H3/b6-5-,21-14+. The van der Waals surface area contributed by atoms with Gasteiger partial charge in [0.25, 0.3) is 0 Å². The molecule has 25 heavy (non-hydrogen) atoms. The third-order valence-corrected chi connectivity index (χ3v) is 12.3. The van der Waals surface area contributed by atoms with Crippen molar-refractivity contribution in [1.29, 1.82) is 0 Å². The van der Waals surface area contributed by atoms with Gasteiger partial charge in [-0.25, -0.2) is 0 Å². The first-order valence-electron chi connectivity index (χ1n) is 8.99. The molecule has 0 aliphatic carbocycles. The number of allylic oxidation sites excluding steroid dienone is 4. The Balaban J connectivity index is 2.78. The molecule has 0 aliphatic rings. The molecular formula is C23H31OP. The summed E-state index contributed by atoms with van der Waals surface area (Å²) in [5, 5.41) is 4.38. The maximum absolute atomic E-state index is 5.40. The number of hydrogen-bond donors (Lipinski definition) is 0. The zero-order valence-electron chi connectivity index (χ0n) is 16.0. The Morgan fingerprint density at radius 3 is 1.92 bits per heavy atom. The number of rotatable bonds is 8. The van der Waals surface area contributed by atoms with Crippen molar-refractivity contribution in [3.63, 3.8) is 0 Å². The average molecular weight is 354 g/mol. The van der Waals surface area contributed by atoms with Crippen molar-refractivity contribution in [2.45, 2.75) is 20.3 Å². The van der Waals surface area contributed by atoms with Gasteiger partial charge in [0, 0.05) is 0 Å². The first kappa shape index (κ1) is 19.6. The summed E-state index contributed by atoms with van der Waals surface area (Å²) in [6.45, 7) is 5.19. The van der Waals surface area contributed by atoms with Crippen molar-refractivity contribution < 1.29 is 4.74 Å². The topological polar surface area (TPSA) is 9.23 Å². The summed E-state index contributed by atoms with van der Waals surface area (Å²) in [5.41, 5.74) is 0. The van der Waals surface area contributed by atoms with Crippen LogP contribution in [0.5, 0.6) is 0 Å². The Bertz CT molecular complexity index is 677. The van der Waals surface area contributed by atoms with Crippen LogP contribution in [0.1, 0.15) is 20.3 Å². The van der Waals surface area contributed by atoms with Crippen LogP contribution in [0, 0.1) is 0 Å². The second kappa shape index (κ2) is 8.61. The molecule has 0 heterocycles. The number of ether oxygens (including phenoxy) is 1. The normalized spacial score (nSPS) is 14.4. The van der Waals surface area contributed by atoms with Crippen molar-refractivity contribution in [2.24, 2.45) is 0 Å². The van der Waals surface area contributed by atoms with Gasteiger partial charge in [0.2, 0.25) is 0 Å². The third kappa shape index (κ3) is 3.78. The van der Waals surface area contributed by atoms with Gasteiger partial charge in [-0.05, 0) is 0 Å². The summed E-state index contributed by atoms with van der Waals surface area (Å²) in [6, 6.07) is 22.1. The quantitative estimate of drug-likeness (QED) is 0.353. The van der Waals surface area contributed by atoms with E-state index < -0.39 is 6.60 Å². The molecule has 2 aromatic carbocycles. The SMILES string of the molecule is C/C=C\C=C(/C)P(C)(CCCOC)(c1ccccc1)c1ccccc1. The van der Waals surface area contributed by atoms with Gasteiger partial charge < -0.3 is 0 Å². The molecule has 0 bridgehead atoms. The van der Waals surface area contributed by atoms with Crippen LogP contribution in [-0.2, 0) is 4.74 Å². The Hall–Kier alpha value is -1.69. The second-order valence-corrected chi connectivity index (χ2v) is 12.7. The fourth-order valence-corrected chi connectivity index (χ4v) is 9.04. The van der Waals surface area contributed by atoms with Gasteiger partial charge in [-0.1, -0.05) is 0 Å². The molecule has 0 atom stereocenters. The van der Waals surface area contributed by atoms with E-state index in [0.717, 1.165) is 19.2 Å². The monoisotopic (exact) mass is 354 g/mol. The van der Waals surface area contributed by atoms with Crippen molar-refractivity contribution in [2.75, 3.05) is 26.5 Å². The van der Waals surface area contributed by atoms with Crippen molar-refractivity contribution in [1.82, 2.24) is 0 Å². The van der Waals surface area contributed by atoms with E-state index >= 15 is 0 Å². The van der Waals surface area contributed by atoms with E-state index in [1.807, 2.05) is 0 Å². The van der Waals surface area contributed by atoms with Crippen LogP contribution in [-0.4, -0.2) is 26.5 Å². The first-order chi connectivity index (χ1) is 12.1. The van der Waals surface area contributed by atoms with E-state index in [4.69, 9.17) is 4.74 Å². The van der Waals surface area contributed by atoms with Gasteiger partial charge in [-0.3, -0.25) is 0 Å². The predicted molar refractivity (Wildman–Crippen MR) is 115 cm³/mol. The van der Waals surface area contributed by atoms with Crippen LogP contribution in [0.2, 0.25) is 0 Å². The molecule has 0 aromatic heterocycles. The first-order valence-corrected chi connectivity index (χ1v) is 11.9. The van der Waals surface area contributed by atoms with Crippen LogP contribution in [0.3, 0.4) is 0 Å². The Morgan fingerprint density at radius 2 is 1.48 bits per heavy atom. The molecule has 1 nitrogen and oxygen atoms in total. The number of benzene rings is 2. The van der Waals surface area contributed by atoms with Crippen LogP contribution in [0.25, 0.3) is 0 Å². The van der Waals surface area contributed by atoms with E-state index in [0.29, 0.717) is 0 Å². The summed E-state index contributed by atoms with van der Waals surface area (Å²) in [7, 11) is 1.79. The molecule has 134 valence electrons. The maximum atomic E-state index is 5.40. The average Bonchev–Trinajstić information content (AvgIpc) is 2.67. The zero-order chi connectivity index (χ0) is 18.2. The molecule has 0 unspecified atom stereocenters. The van der Waals surface area contributed by atoms with Gasteiger partial charge >= 0.3 is 153 Å². The summed E-state index contributed by atoms with van der Waals surface area (Å²) in [4.78, 5) is 0. The fourth-order valence-electron chi connectivity index (χ4n) is 3.70. The Morgan fingerprint density at radius 1 is 0.960 bits per heavy atom. The van der Waals surface area contributed by atoms with Crippen molar-refractivity contribution in [3.05, 3.63) is 84.2 Å². The third-order valence-electron chi connectivity index (χ3n) is 5.46. The molecule has 2 aromatic rings. The molecule has 0 N–H and O–H groups in total. The summed E-state index contributed by atoms with van der Waals surface area (Å²) in [6.07, 6.45) is 8.76. The summed E-state index contributed by atoms with van der Waals surface area (Å²) in [5.74, 6) is 0. The zero-order valence-corrected chi connectivity index (χ0v) is 16.9. The van der Waals surface area contributed by atoms with Crippen LogP contribution < -0.4 is 10.6 Å².